The first kappa shape index (κ1) is 16.1. The van der Waals surface area contributed by atoms with Gasteiger partial charge in [0, 0.05) is 13.6 Å². The Morgan fingerprint density at radius 3 is 2.50 bits per heavy atom. The molecule has 0 radical (unpaired) electrons. The van der Waals surface area contributed by atoms with Crippen molar-refractivity contribution in [2.75, 3.05) is 18.5 Å². The first-order valence-corrected chi connectivity index (χ1v) is 5.94. The van der Waals surface area contributed by atoms with Gasteiger partial charge in [0.15, 0.2) is 5.84 Å². The van der Waals surface area contributed by atoms with Gasteiger partial charge in [-0.1, -0.05) is 19.0 Å². The topological polar surface area (TPSA) is 74.7 Å². The predicted octanol–water partition coefficient (Wildman–Crippen LogP) is 2.29. The summed E-state index contributed by atoms with van der Waals surface area (Å²) in [5, 5.41) is 11.5. The Kier molecular flexibility index (Phi) is 4.80. The maximum atomic E-state index is 12.7. The summed E-state index contributed by atoms with van der Waals surface area (Å²) in [5.74, 6) is -0.0304. The molecule has 3 N–H and O–H groups in total. The summed E-state index contributed by atoms with van der Waals surface area (Å²) < 4.78 is 38.1. The molecular weight excluding hydrogens is 273 g/mol. The Morgan fingerprint density at radius 2 is 2.05 bits per heavy atom. The molecule has 5 nitrogen and oxygen atoms in total. The van der Waals surface area contributed by atoms with Gasteiger partial charge in [0.05, 0.1) is 5.56 Å². The SMILES string of the molecule is CC(C)CN(C)c1nc(C(F)(F)F)ccc1C(N)=NO. The van der Waals surface area contributed by atoms with E-state index < -0.39 is 11.9 Å². The van der Waals surface area contributed by atoms with Gasteiger partial charge in [-0.3, -0.25) is 0 Å². The maximum absolute atomic E-state index is 12.7. The van der Waals surface area contributed by atoms with Gasteiger partial charge >= 0.3 is 6.18 Å². The van der Waals surface area contributed by atoms with Gasteiger partial charge in [0.25, 0.3) is 0 Å². The van der Waals surface area contributed by atoms with Crippen LogP contribution in [0, 0.1) is 5.92 Å². The summed E-state index contributed by atoms with van der Waals surface area (Å²) in [5.41, 5.74) is 4.61. The molecule has 0 aliphatic carbocycles. The van der Waals surface area contributed by atoms with Crippen molar-refractivity contribution >= 4 is 11.7 Å². The highest BCUT2D eigenvalue weighted by molar-refractivity contribution is 6.01. The van der Waals surface area contributed by atoms with Crippen molar-refractivity contribution in [2.24, 2.45) is 16.8 Å². The van der Waals surface area contributed by atoms with Crippen LogP contribution in [-0.2, 0) is 6.18 Å². The van der Waals surface area contributed by atoms with Crippen molar-refractivity contribution in [2.45, 2.75) is 20.0 Å². The highest BCUT2D eigenvalue weighted by Gasteiger charge is 2.33. The van der Waals surface area contributed by atoms with E-state index in [0.29, 0.717) is 6.54 Å². The van der Waals surface area contributed by atoms with Gasteiger partial charge in [-0.25, -0.2) is 4.98 Å². The maximum Gasteiger partial charge on any atom is 0.433 e. The Balaban J connectivity index is 3.33. The molecule has 0 saturated heterocycles. The third-order valence-electron chi connectivity index (χ3n) is 2.55. The van der Waals surface area contributed by atoms with Crippen LogP contribution in [0.5, 0.6) is 0 Å². The molecule has 112 valence electrons. The lowest BCUT2D eigenvalue weighted by Gasteiger charge is -2.23. The normalized spacial score (nSPS) is 12.8. The van der Waals surface area contributed by atoms with Gasteiger partial charge in [-0.2, -0.15) is 13.2 Å². The van der Waals surface area contributed by atoms with Crippen LogP contribution in [0.1, 0.15) is 25.1 Å². The zero-order chi connectivity index (χ0) is 15.5. The number of aromatic nitrogens is 1. The van der Waals surface area contributed by atoms with E-state index in [4.69, 9.17) is 10.9 Å². The Bertz CT molecular complexity index is 500. The molecule has 8 heteroatoms. The molecule has 1 aromatic heterocycles. The Morgan fingerprint density at radius 1 is 1.45 bits per heavy atom. The summed E-state index contributed by atoms with van der Waals surface area (Å²) in [6.45, 7) is 4.33. The first-order valence-electron chi connectivity index (χ1n) is 5.94. The van der Waals surface area contributed by atoms with Crippen molar-refractivity contribution in [3.63, 3.8) is 0 Å². The molecule has 0 fully saturated rings. The van der Waals surface area contributed by atoms with Crippen LogP contribution in [-0.4, -0.2) is 29.6 Å². The predicted molar refractivity (Wildman–Crippen MR) is 69.9 cm³/mol. The molecule has 0 saturated carbocycles. The fourth-order valence-electron chi connectivity index (χ4n) is 1.79. The van der Waals surface area contributed by atoms with Crippen LogP contribution in [0.3, 0.4) is 0 Å². The molecule has 0 spiro atoms. The lowest BCUT2D eigenvalue weighted by Crippen LogP contribution is -2.28. The zero-order valence-electron chi connectivity index (χ0n) is 11.4. The standard InChI is InChI=1S/C12H17F3N4O/c1-7(2)6-19(3)11-8(10(16)18-20)4-5-9(17-11)12(13,14)15/h4-5,7,20H,6H2,1-3H3,(H2,16,18). The summed E-state index contributed by atoms with van der Waals surface area (Å²) >= 11 is 0. The molecule has 0 atom stereocenters. The lowest BCUT2D eigenvalue weighted by molar-refractivity contribution is -0.141. The number of anilines is 1. The number of alkyl halides is 3. The molecule has 0 aliphatic rings. The summed E-state index contributed by atoms with van der Waals surface area (Å²) in [6, 6.07) is 1.96. The minimum Gasteiger partial charge on any atom is -0.409 e. The summed E-state index contributed by atoms with van der Waals surface area (Å²) in [4.78, 5) is 5.14. The lowest BCUT2D eigenvalue weighted by atomic mass is 10.1. The molecule has 0 aliphatic heterocycles. The third-order valence-corrected chi connectivity index (χ3v) is 2.55. The van der Waals surface area contributed by atoms with Crippen LogP contribution >= 0.6 is 0 Å². The van der Waals surface area contributed by atoms with Crippen LogP contribution in [0.4, 0.5) is 19.0 Å². The highest BCUT2D eigenvalue weighted by atomic mass is 19.4. The van der Waals surface area contributed by atoms with Gasteiger partial charge in [-0.15, -0.1) is 0 Å². The number of pyridine rings is 1. The molecule has 1 rings (SSSR count). The second kappa shape index (κ2) is 5.98. The van der Waals surface area contributed by atoms with Crippen LogP contribution < -0.4 is 10.6 Å². The number of nitrogens with two attached hydrogens (primary N) is 1. The minimum absolute atomic E-state index is 0.0313. The van der Waals surface area contributed by atoms with E-state index in [1.54, 1.807) is 11.9 Å². The molecule has 1 aromatic rings. The van der Waals surface area contributed by atoms with Crippen molar-refractivity contribution in [1.29, 1.82) is 0 Å². The molecule has 0 bridgehead atoms. The van der Waals surface area contributed by atoms with Crippen molar-refractivity contribution in [3.8, 4) is 0 Å². The van der Waals surface area contributed by atoms with E-state index in [9.17, 15) is 13.2 Å². The number of halogens is 3. The van der Waals surface area contributed by atoms with E-state index in [-0.39, 0.29) is 23.1 Å². The van der Waals surface area contributed by atoms with E-state index in [0.717, 1.165) is 12.1 Å². The summed E-state index contributed by atoms with van der Waals surface area (Å²) in [7, 11) is 1.61. The van der Waals surface area contributed by atoms with E-state index in [1.165, 1.54) is 0 Å². The monoisotopic (exact) mass is 290 g/mol. The minimum atomic E-state index is -4.54. The second-order valence-corrected chi connectivity index (χ2v) is 4.83. The fourth-order valence-corrected chi connectivity index (χ4v) is 1.79. The number of rotatable bonds is 4. The van der Waals surface area contributed by atoms with Gasteiger partial charge in [-0.05, 0) is 18.1 Å². The van der Waals surface area contributed by atoms with Crippen molar-refractivity contribution in [3.05, 3.63) is 23.4 Å². The number of amidine groups is 1. The van der Waals surface area contributed by atoms with Crippen LogP contribution in [0.2, 0.25) is 0 Å². The zero-order valence-corrected chi connectivity index (χ0v) is 11.4. The van der Waals surface area contributed by atoms with Crippen molar-refractivity contribution < 1.29 is 18.4 Å². The number of nitrogens with zero attached hydrogens (tertiary/aromatic N) is 3. The number of hydrogen-bond acceptors (Lipinski definition) is 4. The third kappa shape index (κ3) is 3.75. The number of oxime groups is 1. The molecule has 1 heterocycles. The smallest absolute Gasteiger partial charge is 0.409 e. The first-order chi connectivity index (χ1) is 9.16. The number of hydrogen-bond donors (Lipinski definition) is 2. The van der Waals surface area contributed by atoms with Crippen molar-refractivity contribution in [1.82, 2.24) is 4.98 Å². The van der Waals surface area contributed by atoms with Gasteiger partial charge < -0.3 is 15.8 Å². The Hall–Kier alpha value is -1.99. The quantitative estimate of drug-likeness (QED) is 0.386. The molecule has 0 aromatic carbocycles. The largest absolute Gasteiger partial charge is 0.433 e. The van der Waals surface area contributed by atoms with Gasteiger partial charge in [0.1, 0.15) is 11.5 Å². The van der Waals surface area contributed by atoms with E-state index >= 15 is 0 Å². The average molecular weight is 290 g/mol. The second-order valence-electron chi connectivity index (χ2n) is 4.83. The Labute approximate surface area is 114 Å². The molecule has 0 unspecified atom stereocenters. The highest BCUT2D eigenvalue weighted by Crippen LogP contribution is 2.30. The molecular formula is C12H17F3N4O. The molecule has 0 amide bonds. The summed E-state index contributed by atoms with van der Waals surface area (Å²) in [6.07, 6.45) is -4.54. The van der Waals surface area contributed by atoms with E-state index in [2.05, 4.69) is 10.1 Å². The fraction of sp³-hybridized carbons (Fsp3) is 0.500. The van der Waals surface area contributed by atoms with Crippen LogP contribution in [0.15, 0.2) is 17.3 Å². The van der Waals surface area contributed by atoms with Gasteiger partial charge in [0.2, 0.25) is 0 Å². The average Bonchev–Trinajstić information content (AvgIpc) is 2.35. The molecule has 20 heavy (non-hydrogen) atoms. The van der Waals surface area contributed by atoms with Crippen LogP contribution in [0.25, 0.3) is 0 Å². The van der Waals surface area contributed by atoms with E-state index in [1.807, 2.05) is 13.8 Å².